The minimum Gasteiger partial charge on any atom is -0.249 e. The number of nitrogens with zero attached hydrogens (tertiary/aromatic N) is 1. The monoisotopic (exact) mass is 381 g/mol. The fraction of sp³-hybridized carbons (Fsp3) is 0.286. The van der Waals surface area contributed by atoms with E-state index in [1.54, 1.807) is 0 Å². The van der Waals surface area contributed by atoms with Crippen LogP contribution < -0.4 is 0 Å². The van der Waals surface area contributed by atoms with Crippen LogP contribution in [0.25, 0.3) is 0 Å². The Balaban J connectivity index is 3.32. The Hall–Kier alpha value is 0.510. The molecule has 0 amide bonds. The first-order chi connectivity index (χ1) is 6.07. The largest absolute Gasteiger partial charge is 0.265 e. The molecular formula is C7H4BrClF2IN. The van der Waals surface area contributed by atoms with Crippen molar-refractivity contribution in [2.24, 2.45) is 0 Å². The van der Waals surface area contributed by atoms with Crippen molar-refractivity contribution in [1.29, 1.82) is 0 Å². The average Bonchev–Trinajstić information content (AvgIpc) is 2.08. The maximum absolute atomic E-state index is 12.5. The molecule has 0 unspecified atom stereocenters. The number of halogens is 5. The van der Waals surface area contributed by atoms with Crippen LogP contribution in [-0.4, -0.2) is 4.98 Å². The SMILES string of the molecule is FC(F)c1c(CCl)cnc(I)c1Br. The van der Waals surface area contributed by atoms with Gasteiger partial charge in [-0.15, -0.1) is 11.6 Å². The first kappa shape index (κ1) is 11.6. The van der Waals surface area contributed by atoms with Crippen LogP contribution in [0.2, 0.25) is 0 Å². The zero-order valence-electron chi connectivity index (χ0n) is 6.20. The van der Waals surface area contributed by atoms with Gasteiger partial charge in [0.15, 0.2) is 0 Å². The molecule has 0 radical (unpaired) electrons. The third-order valence-corrected chi connectivity index (χ3v) is 4.11. The summed E-state index contributed by atoms with van der Waals surface area (Å²) in [5, 5.41) is 0. The molecule has 0 spiro atoms. The van der Waals surface area contributed by atoms with E-state index in [1.807, 2.05) is 22.6 Å². The van der Waals surface area contributed by atoms with Crippen molar-refractivity contribution in [3.8, 4) is 0 Å². The Kier molecular flexibility index (Phi) is 4.31. The topological polar surface area (TPSA) is 12.9 Å². The summed E-state index contributed by atoms with van der Waals surface area (Å²) < 4.78 is 25.9. The lowest BCUT2D eigenvalue weighted by Crippen LogP contribution is -1.98. The molecule has 0 N–H and O–H groups in total. The quantitative estimate of drug-likeness (QED) is 0.426. The van der Waals surface area contributed by atoms with Gasteiger partial charge in [-0.1, -0.05) is 0 Å². The van der Waals surface area contributed by atoms with E-state index in [-0.39, 0.29) is 11.4 Å². The van der Waals surface area contributed by atoms with Crippen LogP contribution in [0.3, 0.4) is 0 Å². The Morgan fingerprint density at radius 2 is 2.23 bits per heavy atom. The first-order valence-electron chi connectivity index (χ1n) is 3.24. The third-order valence-electron chi connectivity index (χ3n) is 1.46. The van der Waals surface area contributed by atoms with Gasteiger partial charge in [-0.05, 0) is 44.1 Å². The Labute approximate surface area is 101 Å². The van der Waals surface area contributed by atoms with E-state index in [4.69, 9.17) is 11.6 Å². The summed E-state index contributed by atoms with van der Waals surface area (Å²) in [6.07, 6.45) is -1.15. The van der Waals surface area contributed by atoms with E-state index in [1.165, 1.54) is 6.20 Å². The van der Waals surface area contributed by atoms with Gasteiger partial charge < -0.3 is 0 Å². The predicted octanol–water partition coefficient (Wildman–Crippen LogP) is 4.13. The van der Waals surface area contributed by atoms with Gasteiger partial charge in [0, 0.05) is 17.6 Å². The van der Waals surface area contributed by atoms with Crippen molar-refractivity contribution in [3.05, 3.63) is 25.5 Å². The highest BCUT2D eigenvalue weighted by Gasteiger charge is 2.18. The van der Waals surface area contributed by atoms with Gasteiger partial charge in [-0.25, -0.2) is 13.8 Å². The summed E-state index contributed by atoms with van der Waals surface area (Å²) in [7, 11) is 0. The molecule has 0 atom stereocenters. The summed E-state index contributed by atoms with van der Waals surface area (Å²) in [4.78, 5) is 3.91. The van der Waals surface area contributed by atoms with E-state index in [2.05, 4.69) is 20.9 Å². The fourth-order valence-corrected chi connectivity index (χ4v) is 2.03. The second-order valence-electron chi connectivity index (χ2n) is 2.24. The van der Waals surface area contributed by atoms with Crippen LogP contribution >= 0.6 is 50.1 Å². The van der Waals surface area contributed by atoms with Gasteiger partial charge in [0.1, 0.15) is 3.70 Å². The normalized spacial score (nSPS) is 10.9. The smallest absolute Gasteiger partial charge is 0.249 e. The number of hydrogen-bond donors (Lipinski definition) is 0. The molecule has 0 aliphatic carbocycles. The van der Waals surface area contributed by atoms with Gasteiger partial charge >= 0.3 is 0 Å². The summed E-state index contributed by atoms with van der Waals surface area (Å²) in [6.45, 7) is 0. The lowest BCUT2D eigenvalue weighted by molar-refractivity contribution is 0.149. The molecular weight excluding hydrogens is 378 g/mol. The van der Waals surface area contributed by atoms with Crippen LogP contribution in [0.5, 0.6) is 0 Å². The summed E-state index contributed by atoms with van der Waals surface area (Å²) >= 11 is 10.4. The van der Waals surface area contributed by atoms with E-state index in [0.29, 0.717) is 13.7 Å². The Morgan fingerprint density at radius 3 is 2.69 bits per heavy atom. The molecule has 0 saturated carbocycles. The second-order valence-corrected chi connectivity index (χ2v) is 4.32. The van der Waals surface area contributed by atoms with Gasteiger partial charge in [0.25, 0.3) is 6.43 Å². The van der Waals surface area contributed by atoms with E-state index < -0.39 is 6.43 Å². The molecule has 0 aliphatic rings. The van der Waals surface area contributed by atoms with E-state index in [0.717, 1.165) is 0 Å². The molecule has 1 aromatic heterocycles. The number of aromatic nitrogens is 1. The predicted molar refractivity (Wildman–Crippen MR) is 59.2 cm³/mol. The standard InChI is InChI=1S/C7H4BrClF2IN/c8-5-4(6(10)11)3(1-9)2-13-7(5)12/h2,6H,1H2. The molecule has 1 heterocycles. The van der Waals surface area contributed by atoms with Gasteiger partial charge in [-0.2, -0.15) is 0 Å². The van der Waals surface area contributed by atoms with Crippen LogP contribution in [0, 0.1) is 3.70 Å². The molecule has 13 heavy (non-hydrogen) atoms. The molecule has 6 heteroatoms. The zero-order chi connectivity index (χ0) is 10.0. The molecule has 0 aromatic carbocycles. The Bertz CT molecular complexity index is 322. The van der Waals surface area contributed by atoms with Crippen LogP contribution in [0.15, 0.2) is 10.7 Å². The number of alkyl halides is 3. The van der Waals surface area contributed by atoms with Crippen molar-refractivity contribution in [3.63, 3.8) is 0 Å². The highest BCUT2D eigenvalue weighted by molar-refractivity contribution is 14.1. The summed E-state index contributed by atoms with van der Waals surface area (Å²) in [6, 6.07) is 0. The summed E-state index contributed by atoms with van der Waals surface area (Å²) in [5.41, 5.74) is 0.304. The van der Waals surface area contributed by atoms with Crippen LogP contribution in [-0.2, 0) is 5.88 Å². The summed E-state index contributed by atoms with van der Waals surface area (Å²) in [5.74, 6) is 0.0438. The molecule has 0 saturated heterocycles. The van der Waals surface area contributed by atoms with Crippen LogP contribution in [0.4, 0.5) is 8.78 Å². The number of pyridine rings is 1. The van der Waals surface area contributed by atoms with Crippen molar-refractivity contribution >= 4 is 50.1 Å². The highest BCUT2D eigenvalue weighted by Crippen LogP contribution is 2.33. The maximum atomic E-state index is 12.5. The fourth-order valence-electron chi connectivity index (χ4n) is 0.855. The third kappa shape index (κ3) is 2.50. The van der Waals surface area contributed by atoms with Crippen molar-refractivity contribution < 1.29 is 8.78 Å². The molecule has 0 bridgehead atoms. The maximum Gasteiger partial charge on any atom is 0.265 e. The highest BCUT2D eigenvalue weighted by atomic mass is 127. The first-order valence-corrected chi connectivity index (χ1v) is 5.65. The molecule has 72 valence electrons. The minimum absolute atomic E-state index is 0.0438. The van der Waals surface area contributed by atoms with E-state index >= 15 is 0 Å². The molecule has 1 nitrogen and oxygen atoms in total. The lowest BCUT2D eigenvalue weighted by atomic mass is 10.2. The second kappa shape index (κ2) is 4.84. The van der Waals surface area contributed by atoms with Crippen molar-refractivity contribution in [1.82, 2.24) is 4.98 Å². The number of rotatable bonds is 2. The van der Waals surface area contributed by atoms with E-state index in [9.17, 15) is 8.78 Å². The van der Waals surface area contributed by atoms with Gasteiger partial charge in [0.2, 0.25) is 0 Å². The minimum atomic E-state index is -2.53. The average molecular weight is 382 g/mol. The number of hydrogen-bond acceptors (Lipinski definition) is 1. The molecule has 0 fully saturated rings. The molecule has 0 aliphatic heterocycles. The van der Waals surface area contributed by atoms with Crippen molar-refractivity contribution in [2.45, 2.75) is 12.3 Å². The van der Waals surface area contributed by atoms with Gasteiger partial charge in [0.05, 0.1) is 4.47 Å². The van der Waals surface area contributed by atoms with Crippen LogP contribution in [0.1, 0.15) is 17.6 Å². The lowest BCUT2D eigenvalue weighted by Gasteiger charge is -2.08. The van der Waals surface area contributed by atoms with Crippen molar-refractivity contribution in [2.75, 3.05) is 0 Å². The van der Waals surface area contributed by atoms with Gasteiger partial charge in [-0.3, -0.25) is 0 Å². The Morgan fingerprint density at radius 1 is 1.62 bits per heavy atom. The zero-order valence-corrected chi connectivity index (χ0v) is 10.7. The molecule has 1 rings (SSSR count). The molecule has 1 aromatic rings.